The minimum Gasteiger partial charge on any atom is -0.468 e. The van der Waals surface area contributed by atoms with Crippen LogP contribution in [0.5, 0.6) is 0 Å². The molecule has 0 aromatic rings. The largest absolute Gasteiger partial charge is 0.468 e. The van der Waals surface area contributed by atoms with Crippen molar-refractivity contribution in [3.8, 4) is 0 Å². The topological polar surface area (TPSA) is 38.3 Å². The van der Waals surface area contributed by atoms with Gasteiger partial charge < -0.3 is 4.74 Å². The van der Waals surface area contributed by atoms with Gasteiger partial charge in [-0.05, 0) is 12.8 Å². The van der Waals surface area contributed by atoms with E-state index in [-0.39, 0.29) is 12.8 Å². The number of hydrogen-bond donors (Lipinski definition) is 1. The maximum Gasteiger partial charge on any atom is 0.401 e. The first-order chi connectivity index (χ1) is 6.81. The minimum atomic E-state index is -4.33. The van der Waals surface area contributed by atoms with Crippen LogP contribution in [-0.2, 0) is 9.53 Å². The first-order valence-corrected chi connectivity index (χ1v) is 4.71. The number of hydrogen-bond acceptors (Lipinski definition) is 3. The predicted molar refractivity (Wildman–Crippen MR) is 49.4 cm³/mol. The van der Waals surface area contributed by atoms with Crippen LogP contribution in [0.4, 0.5) is 13.2 Å². The molecule has 0 spiro atoms. The van der Waals surface area contributed by atoms with Gasteiger partial charge in [-0.25, -0.2) is 0 Å². The lowest BCUT2D eigenvalue weighted by atomic mass is 9.93. The fraction of sp³-hybridized carbons (Fsp3) is 0.889. The molecule has 3 nitrogen and oxygen atoms in total. The summed E-state index contributed by atoms with van der Waals surface area (Å²) in [7, 11) is 1.16. The summed E-state index contributed by atoms with van der Waals surface area (Å²) in [5, 5.41) is 2.22. The zero-order valence-corrected chi connectivity index (χ0v) is 9.07. The zero-order valence-electron chi connectivity index (χ0n) is 9.07. The highest BCUT2D eigenvalue weighted by molar-refractivity contribution is 5.80. The van der Waals surface area contributed by atoms with E-state index in [9.17, 15) is 18.0 Å². The monoisotopic (exact) mass is 227 g/mol. The lowest BCUT2D eigenvalue weighted by molar-refractivity contribution is -0.154. The van der Waals surface area contributed by atoms with E-state index in [1.54, 1.807) is 13.8 Å². The molecule has 0 unspecified atom stereocenters. The average Bonchev–Trinajstić information content (AvgIpc) is 2.18. The first-order valence-electron chi connectivity index (χ1n) is 4.71. The van der Waals surface area contributed by atoms with Crippen molar-refractivity contribution >= 4 is 5.97 Å². The third kappa shape index (κ3) is 4.07. The number of methoxy groups -OCH3 is 1. The second-order valence-electron chi connectivity index (χ2n) is 3.25. The normalized spacial score (nSPS) is 12.7. The van der Waals surface area contributed by atoms with Gasteiger partial charge in [-0.3, -0.25) is 10.1 Å². The molecule has 0 aliphatic carbocycles. The zero-order chi connectivity index (χ0) is 12.1. The van der Waals surface area contributed by atoms with Gasteiger partial charge in [-0.2, -0.15) is 13.2 Å². The molecule has 0 bridgehead atoms. The molecule has 0 aliphatic rings. The highest BCUT2D eigenvalue weighted by atomic mass is 19.4. The molecule has 1 N–H and O–H groups in total. The van der Waals surface area contributed by atoms with E-state index in [0.717, 1.165) is 7.11 Å². The number of alkyl halides is 3. The van der Waals surface area contributed by atoms with Crippen LogP contribution in [0.25, 0.3) is 0 Å². The summed E-state index contributed by atoms with van der Waals surface area (Å²) >= 11 is 0. The molecule has 0 aliphatic heterocycles. The maximum absolute atomic E-state index is 12.0. The third-order valence-corrected chi connectivity index (χ3v) is 2.41. The number of rotatable bonds is 5. The second kappa shape index (κ2) is 5.34. The summed E-state index contributed by atoms with van der Waals surface area (Å²) in [5.41, 5.74) is -1.23. The molecule has 0 amide bonds. The summed E-state index contributed by atoms with van der Waals surface area (Å²) < 4.78 is 40.5. The van der Waals surface area contributed by atoms with Crippen molar-refractivity contribution in [3.63, 3.8) is 0 Å². The fourth-order valence-electron chi connectivity index (χ4n) is 1.33. The maximum atomic E-state index is 12.0. The van der Waals surface area contributed by atoms with Crippen molar-refractivity contribution in [2.75, 3.05) is 13.7 Å². The van der Waals surface area contributed by atoms with Gasteiger partial charge in [0.05, 0.1) is 13.7 Å². The van der Waals surface area contributed by atoms with Gasteiger partial charge in [0, 0.05) is 0 Å². The Morgan fingerprint density at radius 2 is 1.73 bits per heavy atom. The van der Waals surface area contributed by atoms with Crippen LogP contribution >= 0.6 is 0 Å². The van der Waals surface area contributed by atoms with Crippen molar-refractivity contribution in [1.29, 1.82) is 0 Å². The summed E-state index contributed by atoms with van der Waals surface area (Å²) in [6.07, 6.45) is -3.82. The number of halogens is 3. The molecule has 0 heterocycles. The Kier molecular flexibility index (Phi) is 5.07. The van der Waals surface area contributed by atoms with Crippen LogP contribution in [0.2, 0.25) is 0 Å². The molecular weight excluding hydrogens is 211 g/mol. The highest BCUT2D eigenvalue weighted by Crippen LogP contribution is 2.20. The molecule has 0 rings (SSSR count). The molecule has 0 atom stereocenters. The Labute approximate surface area is 87.0 Å². The Hall–Kier alpha value is -0.780. The van der Waals surface area contributed by atoms with E-state index in [2.05, 4.69) is 10.1 Å². The second-order valence-corrected chi connectivity index (χ2v) is 3.25. The van der Waals surface area contributed by atoms with E-state index in [0.29, 0.717) is 0 Å². The van der Waals surface area contributed by atoms with Crippen molar-refractivity contribution < 1.29 is 22.7 Å². The Morgan fingerprint density at radius 1 is 1.27 bits per heavy atom. The number of ether oxygens (including phenoxy) is 1. The van der Waals surface area contributed by atoms with E-state index in [1.807, 2.05) is 0 Å². The molecule has 0 radical (unpaired) electrons. The number of nitrogens with one attached hydrogen (secondary N) is 1. The van der Waals surface area contributed by atoms with Gasteiger partial charge in [0.15, 0.2) is 0 Å². The van der Waals surface area contributed by atoms with Crippen LogP contribution in [0.3, 0.4) is 0 Å². The number of esters is 1. The highest BCUT2D eigenvalue weighted by Gasteiger charge is 2.39. The minimum absolute atomic E-state index is 0.256. The van der Waals surface area contributed by atoms with Gasteiger partial charge in [0.2, 0.25) is 0 Å². The lowest BCUT2D eigenvalue weighted by Gasteiger charge is -2.30. The smallest absolute Gasteiger partial charge is 0.401 e. The van der Waals surface area contributed by atoms with Gasteiger partial charge in [0.1, 0.15) is 5.54 Å². The van der Waals surface area contributed by atoms with Crippen molar-refractivity contribution in [3.05, 3.63) is 0 Å². The quantitative estimate of drug-likeness (QED) is 0.729. The molecular formula is C9H16F3NO2. The van der Waals surface area contributed by atoms with Crippen molar-refractivity contribution in [1.82, 2.24) is 5.32 Å². The van der Waals surface area contributed by atoms with Crippen LogP contribution in [0, 0.1) is 0 Å². The van der Waals surface area contributed by atoms with Crippen molar-refractivity contribution in [2.45, 2.75) is 38.4 Å². The third-order valence-electron chi connectivity index (χ3n) is 2.41. The van der Waals surface area contributed by atoms with Crippen molar-refractivity contribution in [2.24, 2.45) is 0 Å². The van der Waals surface area contributed by atoms with E-state index >= 15 is 0 Å². The standard InChI is InChI=1S/C9H16F3NO2/c1-4-8(5-2,7(14)15-3)13-6-9(10,11)12/h13H,4-6H2,1-3H3. The molecule has 0 aromatic carbocycles. The van der Waals surface area contributed by atoms with E-state index < -0.39 is 24.2 Å². The average molecular weight is 227 g/mol. The van der Waals surface area contributed by atoms with Gasteiger partial charge >= 0.3 is 12.1 Å². The van der Waals surface area contributed by atoms with E-state index in [4.69, 9.17) is 0 Å². The van der Waals surface area contributed by atoms with Gasteiger partial charge in [-0.15, -0.1) is 0 Å². The van der Waals surface area contributed by atoms with E-state index in [1.165, 1.54) is 0 Å². The predicted octanol–water partition coefficient (Wildman–Crippen LogP) is 1.87. The van der Waals surface area contributed by atoms with Crippen LogP contribution < -0.4 is 5.32 Å². The molecule has 90 valence electrons. The number of carbonyl (C=O) groups is 1. The summed E-state index contributed by atoms with van der Waals surface area (Å²) in [6, 6.07) is 0. The molecule has 6 heteroatoms. The number of carbonyl (C=O) groups excluding carboxylic acids is 1. The van der Waals surface area contributed by atoms with Gasteiger partial charge in [0.25, 0.3) is 0 Å². The Balaban J connectivity index is 4.58. The Morgan fingerprint density at radius 3 is 2.00 bits per heavy atom. The SMILES string of the molecule is CCC(CC)(NCC(F)(F)F)C(=O)OC. The fourth-order valence-corrected chi connectivity index (χ4v) is 1.33. The molecule has 0 fully saturated rings. The lowest BCUT2D eigenvalue weighted by Crippen LogP contribution is -2.54. The first kappa shape index (κ1) is 14.2. The molecule has 15 heavy (non-hydrogen) atoms. The molecule has 0 aromatic heterocycles. The van der Waals surface area contributed by atoms with Crippen LogP contribution in [-0.4, -0.2) is 31.3 Å². The van der Waals surface area contributed by atoms with Gasteiger partial charge in [-0.1, -0.05) is 13.8 Å². The van der Waals surface area contributed by atoms with Crippen LogP contribution in [0.1, 0.15) is 26.7 Å². The summed E-state index contributed by atoms with van der Waals surface area (Å²) in [6.45, 7) is 2.09. The summed E-state index contributed by atoms with van der Waals surface area (Å²) in [5.74, 6) is -0.656. The Bertz CT molecular complexity index is 212. The molecule has 0 saturated heterocycles. The van der Waals surface area contributed by atoms with Crippen LogP contribution in [0.15, 0.2) is 0 Å². The summed E-state index contributed by atoms with van der Waals surface area (Å²) in [4.78, 5) is 11.4. The molecule has 0 saturated carbocycles.